The topological polar surface area (TPSA) is 26.3 Å². The second-order valence-corrected chi connectivity index (χ2v) is 6.68. The molecule has 2 aromatic carbocycles. The van der Waals surface area contributed by atoms with Crippen molar-refractivity contribution in [3.8, 4) is 5.75 Å². The van der Waals surface area contributed by atoms with Crippen molar-refractivity contribution in [1.82, 2.24) is 0 Å². The zero-order valence-electron chi connectivity index (χ0n) is 9.40. The number of halogens is 2. The predicted octanol–water partition coefficient (Wildman–Crippen LogP) is 4.50. The SMILES string of the molecule is C=Cc1cccc2c(OC(=O)C(Br)Br)cccc12. The van der Waals surface area contributed by atoms with Crippen LogP contribution in [-0.2, 0) is 4.79 Å². The van der Waals surface area contributed by atoms with Gasteiger partial charge in [0.2, 0.25) is 0 Å². The van der Waals surface area contributed by atoms with E-state index in [9.17, 15) is 4.79 Å². The highest BCUT2D eigenvalue weighted by Gasteiger charge is 2.14. The number of rotatable bonds is 3. The summed E-state index contributed by atoms with van der Waals surface area (Å²) in [6.45, 7) is 3.78. The zero-order valence-corrected chi connectivity index (χ0v) is 12.6. The van der Waals surface area contributed by atoms with Crippen LogP contribution in [0.2, 0.25) is 0 Å². The Balaban J connectivity index is 2.52. The Bertz CT molecular complexity index is 606. The van der Waals surface area contributed by atoms with Crippen molar-refractivity contribution in [3.63, 3.8) is 0 Å². The molecule has 0 spiro atoms. The van der Waals surface area contributed by atoms with Gasteiger partial charge in [0.1, 0.15) is 5.75 Å². The molecule has 0 radical (unpaired) electrons. The van der Waals surface area contributed by atoms with Gasteiger partial charge < -0.3 is 4.74 Å². The monoisotopic (exact) mass is 368 g/mol. The molecule has 0 saturated heterocycles. The van der Waals surface area contributed by atoms with E-state index in [2.05, 4.69) is 38.4 Å². The van der Waals surface area contributed by atoms with Gasteiger partial charge in [-0.3, -0.25) is 0 Å². The molecule has 0 N–H and O–H groups in total. The number of benzene rings is 2. The standard InChI is InChI=1S/C14H10Br2O2/c1-2-9-5-3-7-11-10(9)6-4-8-12(11)18-14(17)13(15)16/h2-8,13H,1H2. The Morgan fingerprint density at radius 1 is 1.17 bits per heavy atom. The van der Waals surface area contributed by atoms with Crippen molar-refractivity contribution in [2.24, 2.45) is 0 Å². The third-order valence-corrected chi connectivity index (χ3v) is 3.27. The molecule has 0 aliphatic heterocycles. The first-order valence-corrected chi connectivity index (χ1v) is 7.10. The van der Waals surface area contributed by atoms with Gasteiger partial charge >= 0.3 is 5.97 Å². The van der Waals surface area contributed by atoms with E-state index in [4.69, 9.17) is 4.74 Å². The number of hydrogen-bond acceptors (Lipinski definition) is 2. The van der Waals surface area contributed by atoms with Gasteiger partial charge in [0.15, 0.2) is 3.74 Å². The number of carbonyl (C=O) groups excluding carboxylic acids is 1. The van der Waals surface area contributed by atoms with E-state index in [0.29, 0.717) is 5.75 Å². The van der Waals surface area contributed by atoms with E-state index in [1.54, 1.807) is 12.1 Å². The maximum absolute atomic E-state index is 11.6. The molecule has 0 amide bonds. The van der Waals surface area contributed by atoms with Crippen LogP contribution < -0.4 is 4.74 Å². The van der Waals surface area contributed by atoms with Crippen LogP contribution in [0, 0.1) is 0 Å². The second-order valence-electron chi connectivity index (χ2n) is 3.62. The van der Waals surface area contributed by atoms with Crippen LogP contribution in [0.1, 0.15) is 5.56 Å². The maximum Gasteiger partial charge on any atom is 0.336 e. The van der Waals surface area contributed by atoms with Crippen molar-refractivity contribution in [3.05, 3.63) is 48.5 Å². The van der Waals surface area contributed by atoms with E-state index in [-0.39, 0.29) is 5.97 Å². The van der Waals surface area contributed by atoms with Gasteiger partial charge in [0, 0.05) is 5.39 Å². The third-order valence-electron chi connectivity index (χ3n) is 2.52. The molecule has 2 rings (SSSR count). The molecule has 0 atom stereocenters. The second kappa shape index (κ2) is 5.67. The number of alkyl halides is 2. The Kier molecular flexibility index (Phi) is 4.19. The van der Waals surface area contributed by atoms with Gasteiger partial charge in [-0.1, -0.05) is 74.8 Å². The molecule has 0 heterocycles. The van der Waals surface area contributed by atoms with Crippen molar-refractivity contribution >= 4 is 54.7 Å². The molecule has 92 valence electrons. The van der Waals surface area contributed by atoms with Gasteiger partial charge in [-0.2, -0.15) is 0 Å². The van der Waals surface area contributed by atoms with Crippen LogP contribution in [0.5, 0.6) is 5.75 Å². The highest BCUT2D eigenvalue weighted by Crippen LogP contribution is 2.29. The highest BCUT2D eigenvalue weighted by atomic mass is 79.9. The molecule has 0 aromatic heterocycles. The minimum atomic E-state index is -0.511. The molecular weight excluding hydrogens is 360 g/mol. The molecule has 2 nitrogen and oxygen atoms in total. The lowest BCUT2D eigenvalue weighted by atomic mass is 10.0. The summed E-state index contributed by atoms with van der Waals surface area (Å²) in [6.07, 6.45) is 1.78. The maximum atomic E-state index is 11.6. The van der Waals surface area contributed by atoms with Crippen LogP contribution in [-0.4, -0.2) is 9.71 Å². The highest BCUT2D eigenvalue weighted by molar-refractivity contribution is 9.25. The molecule has 0 aliphatic carbocycles. The van der Waals surface area contributed by atoms with E-state index in [1.165, 1.54) is 0 Å². The number of carbonyl (C=O) groups is 1. The van der Waals surface area contributed by atoms with Crippen molar-refractivity contribution in [2.75, 3.05) is 0 Å². The van der Waals surface area contributed by atoms with E-state index >= 15 is 0 Å². The Morgan fingerprint density at radius 3 is 2.50 bits per heavy atom. The fraction of sp³-hybridized carbons (Fsp3) is 0.0714. The van der Waals surface area contributed by atoms with Crippen LogP contribution >= 0.6 is 31.9 Å². The number of hydrogen-bond donors (Lipinski definition) is 0. The first kappa shape index (κ1) is 13.3. The Labute approximate surface area is 122 Å². The largest absolute Gasteiger partial charge is 0.424 e. The lowest BCUT2D eigenvalue weighted by Gasteiger charge is -2.09. The number of fused-ring (bicyclic) bond motifs is 1. The van der Waals surface area contributed by atoms with Crippen molar-refractivity contribution < 1.29 is 9.53 Å². The van der Waals surface area contributed by atoms with Gasteiger partial charge in [0.25, 0.3) is 0 Å². The summed E-state index contributed by atoms with van der Waals surface area (Å²) < 4.78 is 4.81. The Morgan fingerprint density at radius 2 is 1.83 bits per heavy atom. The van der Waals surface area contributed by atoms with Gasteiger partial charge in [-0.25, -0.2) is 4.79 Å². The number of ether oxygens (including phenoxy) is 1. The van der Waals surface area contributed by atoms with Crippen LogP contribution in [0.3, 0.4) is 0 Å². The molecule has 2 aromatic rings. The molecule has 18 heavy (non-hydrogen) atoms. The van der Waals surface area contributed by atoms with Gasteiger partial charge in [-0.05, 0) is 17.0 Å². The minimum absolute atomic E-state index is 0.383. The third kappa shape index (κ3) is 2.65. The van der Waals surface area contributed by atoms with Crippen LogP contribution in [0.4, 0.5) is 0 Å². The average Bonchev–Trinajstić information content (AvgIpc) is 2.38. The molecule has 0 aliphatic rings. The smallest absolute Gasteiger partial charge is 0.336 e. The first-order valence-electron chi connectivity index (χ1n) is 5.27. The van der Waals surface area contributed by atoms with Crippen molar-refractivity contribution in [1.29, 1.82) is 0 Å². The molecule has 0 unspecified atom stereocenters. The average molecular weight is 370 g/mol. The van der Waals surface area contributed by atoms with E-state index < -0.39 is 3.74 Å². The lowest BCUT2D eigenvalue weighted by Crippen LogP contribution is -2.14. The lowest BCUT2D eigenvalue weighted by molar-refractivity contribution is -0.131. The van der Waals surface area contributed by atoms with Crippen molar-refractivity contribution in [2.45, 2.75) is 3.74 Å². The van der Waals surface area contributed by atoms with E-state index in [1.807, 2.05) is 30.3 Å². The summed E-state index contributed by atoms with van der Waals surface area (Å²) in [7, 11) is 0. The van der Waals surface area contributed by atoms with Crippen LogP contribution in [0.15, 0.2) is 43.0 Å². The predicted molar refractivity (Wildman–Crippen MR) is 81.3 cm³/mol. The fourth-order valence-corrected chi connectivity index (χ4v) is 1.91. The summed E-state index contributed by atoms with van der Waals surface area (Å²) in [4.78, 5) is 11.6. The summed E-state index contributed by atoms with van der Waals surface area (Å²) in [5, 5.41) is 1.90. The number of esters is 1. The molecule has 4 heteroatoms. The molecule has 0 fully saturated rings. The van der Waals surface area contributed by atoms with E-state index in [0.717, 1.165) is 16.3 Å². The summed E-state index contributed by atoms with van der Waals surface area (Å²) in [5.41, 5.74) is 1.01. The fourth-order valence-electron chi connectivity index (χ4n) is 1.73. The summed E-state index contributed by atoms with van der Waals surface area (Å²) in [5.74, 6) is 0.164. The summed E-state index contributed by atoms with van der Waals surface area (Å²) >= 11 is 6.23. The Hall–Kier alpha value is -1.13. The molecule has 0 saturated carbocycles. The van der Waals surface area contributed by atoms with Crippen LogP contribution in [0.25, 0.3) is 16.8 Å². The molecular formula is C14H10Br2O2. The van der Waals surface area contributed by atoms with Gasteiger partial charge in [0.05, 0.1) is 0 Å². The normalized spacial score (nSPS) is 10.6. The first-order chi connectivity index (χ1) is 8.63. The zero-order chi connectivity index (χ0) is 13.1. The minimum Gasteiger partial charge on any atom is -0.424 e. The summed E-state index contributed by atoms with van der Waals surface area (Å²) in [6, 6.07) is 11.4. The molecule has 0 bridgehead atoms. The quantitative estimate of drug-likeness (QED) is 0.452. The van der Waals surface area contributed by atoms with Gasteiger partial charge in [-0.15, -0.1) is 0 Å².